The zero-order valence-corrected chi connectivity index (χ0v) is 38.8. The van der Waals surface area contributed by atoms with Gasteiger partial charge in [-0.1, -0.05) is 71.0 Å². The summed E-state index contributed by atoms with van der Waals surface area (Å²) >= 11 is 0. The van der Waals surface area contributed by atoms with E-state index in [1.165, 1.54) is 24.7 Å². The van der Waals surface area contributed by atoms with Crippen LogP contribution in [0.4, 0.5) is 26.7 Å². The molecule has 16 nitrogen and oxygen atoms in total. The largest absolute Gasteiger partial charge is 0.465 e. The minimum atomic E-state index is -1.35. The van der Waals surface area contributed by atoms with Gasteiger partial charge in [0.25, 0.3) is 0 Å². The third kappa shape index (κ3) is 11.2. The van der Waals surface area contributed by atoms with E-state index in [2.05, 4.69) is 71.2 Å². The van der Waals surface area contributed by atoms with Crippen molar-refractivity contribution in [3.8, 4) is 0 Å². The van der Waals surface area contributed by atoms with Crippen LogP contribution >= 0.6 is 0 Å². The number of carbonyl (C=O) groups excluding carboxylic acids is 5. The first-order valence-electron chi connectivity index (χ1n) is 22.6. The van der Waals surface area contributed by atoms with Crippen LogP contribution in [-0.2, 0) is 34.1 Å². The van der Waals surface area contributed by atoms with Gasteiger partial charge in [-0.3, -0.25) is 19.2 Å². The predicted octanol–water partition coefficient (Wildman–Crippen LogP) is 6.98. The molecule has 0 saturated carbocycles. The van der Waals surface area contributed by atoms with Gasteiger partial charge in [0.1, 0.15) is 24.2 Å². The lowest BCUT2D eigenvalue weighted by molar-refractivity contribution is -0.141. The van der Waals surface area contributed by atoms with Gasteiger partial charge in [0, 0.05) is 37.3 Å². The lowest BCUT2D eigenvalue weighted by Crippen LogP contribution is -2.56. The Hall–Kier alpha value is -6.16. The number of methoxy groups -OCH3 is 2. The molecule has 3 heterocycles. The SMILES string of the molecule is COC(=O)N[C@H](C(=O)N1CCC[C@H]1C(=O)Nc1ccc([C@@H]2CC[C@@H](c3ccc(NC(=O)[C@@H]4CCCN4C(=O)[C@@H](NC(=O)O)[C@@H](C)OC)cc3)N2c2ccc(C(C)(C)C)cc2)cc1)C(C)C. The number of rotatable bonds is 14. The van der Waals surface area contributed by atoms with Crippen LogP contribution in [0, 0.1) is 5.92 Å². The molecule has 0 aromatic heterocycles. The summed E-state index contributed by atoms with van der Waals surface area (Å²) in [5.74, 6) is -1.64. The molecule has 6 amide bonds. The summed E-state index contributed by atoms with van der Waals surface area (Å²) in [6, 6.07) is 21.0. The minimum Gasteiger partial charge on any atom is -0.465 e. The second-order valence-corrected chi connectivity index (χ2v) is 18.6. The normalized spacial score (nSPS) is 21.1. The van der Waals surface area contributed by atoms with Crippen molar-refractivity contribution in [1.29, 1.82) is 0 Å². The molecule has 3 aromatic rings. The summed E-state index contributed by atoms with van der Waals surface area (Å²) in [4.78, 5) is 83.3. The standard InChI is InChI=1S/C49H65N7O9/c1-29(2)41(53-48(63)65-8)45(59)54-27-9-11-39(54)43(57)50-34-19-13-31(14-20-34)37-25-26-38(56(37)36-23-17-33(18-24-36)49(4,5)6)32-15-21-35(22-16-32)51-44(58)40-12-10-28-55(40)46(60)42(30(3)64-7)52-47(61)62/h13-24,29-30,37-42,52H,9-12,25-28H2,1-8H3,(H,50,57)(H,51,58)(H,53,63)(H,61,62)/t30-,37+,38+,39+,40+,41+,42+/m1/s1. The molecule has 3 aliphatic rings. The third-order valence-electron chi connectivity index (χ3n) is 13.0. The number of anilines is 3. The average molecular weight is 896 g/mol. The van der Waals surface area contributed by atoms with Crippen molar-refractivity contribution in [3.05, 3.63) is 89.5 Å². The highest BCUT2D eigenvalue weighted by molar-refractivity contribution is 5.99. The van der Waals surface area contributed by atoms with Crippen LogP contribution in [0.15, 0.2) is 72.8 Å². The molecule has 6 rings (SSSR count). The molecule has 5 N–H and O–H groups in total. The first kappa shape index (κ1) is 48.3. The Kier molecular flexibility index (Phi) is 15.4. The molecule has 0 radical (unpaired) electrons. The van der Waals surface area contributed by atoms with Crippen molar-refractivity contribution >= 4 is 52.9 Å². The Labute approximate surface area is 381 Å². The average Bonchev–Trinajstić information content (AvgIpc) is 4.08. The van der Waals surface area contributed by atoms with Crippen molar-refractivity contribution in [2.45, 2.75) is 128 Å². The molecule has 0 bridgehead atoms. The Bertz CT molecular complexity index is 2180. The monoisotopic (exact) mass is 895 g/mol. The van der Waals surface area contributed by atoms with E-state index in [0.29, 0.717) is 50.1 Å². The molecular weight excluding hydrogens is 831 g/mol. The van der Waals surface area contributed by atoms with E-state index in [4.69, 9.17) is 9.47 Å². The maximum atomic E-state index is 13.7. The second kappa shape index (κ2) is 20.8. The number of carboxylic acid groups (broad SMARTS) is 1. The highest BCUT2D eigenvalue weighted by atomic mass is 16.5. The molecule has 3 aliphatic heterocycles. The first-order valence-corrected chi connectivity index (χ1v) is 22.6. The highest BCUT2D eigenvalue weighted by Crippen LogP contribution is 2.47. The maximum absolute atomic E-state index is 13.7. The van der Waals surface area contributed by atoms with Crippen LogP contribution in [-0.4, -0.2) is 108 Å². The zero-order valence-electron chi connectivity index (χ0n) is 38.8. The van der Waals surface area contributed by atoms with Gasteiger partial charge in [-0.15, -0.1) is 0 Å². The van der Waals surface area contributed by atoms with E-state index in [1.54, 1.807) is 11.8 Å². The summed E-state index contributed by atoms with van der Waals surface area (Å²) in [6.45, 7) is 12.6. The molecule has 7 atom stereocenters. The number of benzene rings is 3. The molecule has 0 aliphatic carbocycles. The molecule has 16 heteroatoms. The molecular formula is C49H65N7O9. The third-order valence-corrected chi connectivity index (χ3v) is 13.0. The van der Waals surface area contributed by atoms with E-state index in [0.717, 1.165) is 29.7 Å². The van der Waals surface area contributed by atoms with Crippen molar-refractivity contribution in [2.24, 2.45) is 5.92 Å². The predicted molar refractivity (Wildman–Crippen MR) is 248 cm³/mol. The number of nitrogens with zero attached hydrogens (tertiary/aromatic N) is 3. The Morgan fingerprint density at radius 3 is 1.51 bits per heavy atom. The van der Waals surface area contributed by atoms with Gasteiger partial charge in [-0.25, -0.2) is 9.59 Å². The van der Waals surface area contributed by atoms with E-state index < -0.39 is 48.4 Å². The summed E-state index contributed by atoms with van der Waals surface area (Å²) in [5.41, 5.74) is 5.61. The lowest BCUT2D eigenvalue weighted by Gasteiger charge is -2.34. The van der Waals surface area contributed by atoms with E-state index >= 15 is 0 Å². The summed E-state index contributed by atoms with van der Waals surface area (Å²) in [5, 5.41) is 20.3. The smallest absolute Gasteiger partial charge is 0.407 e. The fourth-order valence-corrected chi connectivity index (χ4v) is 9.30. The van der Waals surface area contributed by atoms with Crippen LogP contribution in [0.3, 0.4) is 0 Å². The molecule has 350 valence electrons. The minimum absolute atomic E-state index is 0.00299. The molecule has 65 heavy (non-hydrogen) atoms. The Balaban J connectivity index is 1.17. The van der Waals surface area contributed by atoms with Crippen LogP contribution in [0.2, 0.25) is 0 Å². The van der Waals surface area contributed by atoms with E-state index in [1.807, 2.05) is 62.4 Å². The maximum Gasteiger partial charge on any atom is 0.407 e. The van der Waals surface area contributed by atoms with Gasteiger partial charge in [0.05, 0.1) is 25.3 Å². The van der Waals surface area contributed by atoms with Crippen molar-refractivity contribution < 1.29 is 43.3 Å². The quantitative estimate of drug-likeness (QED) is 0.113. The van der Waals surface area contributed by atoms with Crippen molar-refractivity contribution in [2.75, 3.05) is 42.8 Å². The summed E-state index contributed by atoms with van der Waals surface area (Å²) in [7, 11) is 2.65. The second-order valence-electron chi connectivity index (χ2n) is 18.6. The fraction of sp³-hybridized carbons (Fsp3) is 0.510. The number of likely N-dealkylation sites (tertiary alicyclic amines) is 2. The number of hydrogen-bond acceptors (Lipinski definition) is 9. The van der Waals surface area contributed by atoms with Gasteiger partial charge in [0.15, 0.2) is 0 Å². The van der Waals surface area contributed by atoms with Crippen LogP contribution in [0.25, 0.3) is 0 Å². The first-order chi connectivity index (χ1) is 30.9. The molecule has 3 aromatic carbocycles. The van der Waals surface area contributed by atoms with Crippen molar-refractivity contribution in [3.63, 3.8) is 0 Å². The van der Waals surface area contributed by atoms with E-state index in [-0.39, 0.29) is 41.1 Å². The van der Waals surface area contributed by atoms with Gasteiger partial charge < -0.3 is 50.5 Å². The van der Waals surface area contributed by atoms with Crippen molar-refractivity contribution in [1.82, 2.24) is 20.4 Å². The topological polar surface area (TPSA) is 199 Å². The number of carbonyl (C=O) groups is 6. The van der Waals surface area contributed by atoms with Crippen LogP contribution in [0.1, 0.15) is 109 Å². The highest BCUT2D eigenvalue weighted by Gasteiger charge is 2.41. The van der Waals surface area contributed by atoms with E-state index in [9.17, 15) is 33.9 Å². The molecule has 3 saturated heterocycles. The Morgan fingerprint density at radius 1 is 0.646 bits per heavy atom. The summed E-state index contributed by atoms with van der Waals surface area (Å²) < 4.78 is 10.0. The number of amides is 6. The van der Waals surface area contributed by atoms with Gasteiger partial charge >= 0.3 is 12.2 Å². The Morgan fingerprint density at radius 2 is 1.11 bits per heavy atom. The zero-order chi connectivity index (χ0) is 47.2. The molecule has 0 unspecified atom stereocenters. The van der Waals surface area contributed by atoms with Gasteiger partial charge in [-0.2, -0.15) is 0 Å². The number of alkyl carbamates (subject to hydrolysis) is 1. The van der Waals surface area contributed by atoms with Crippen LogP contribution < -0.4 is 26.2 Å². The fourth-order valence-electron chi connectivity index (χ4n) is 9.30. The lowest BCUT2D eigenvalue weighted by atomic mass is 9.87. The number of hydrogen-bond donors (Lipinski definition) is 5. The van der Waals surface area contributed by atoms with Crippen LogP contribution in [0.5, 0.6) is 0 Å². The number of ether oxygens (including phenoxy) is 2. The number of nitrogens with one attached hydrogen (secondary N) is 4. The van der Waals surface area contributed by atoms with Gasteiger partial charge in [-0.05, 0) is 110 Å². The van der Waals surface area contributed by atoms with Gasteiger partial charge in [0.2, 0.25) is 23.6 Å². The molecule has 3 fully saturated rings. The summed E-state index contributed by atoms with van der Waals surface area (Å²) in [6.07, 6.45) is 1.18. The molecule has 0 spiro atoms.